The number of fused-ring (bicyclic) bond motifs is 1. The van der Waals surface area contributed by atoms with Gasteiger partial charge in [-0.25, -0.2) is 14.8 Å². The number of morpholine rings is 1. The normalized spacial score (nSPS) is 15.1. The Kier molecular flexibility index (Phi) is 9.49. The fourth-order valence-electron chi connectivity index (χ4n) is 4.93. The van der Waals surface area contributed by atoms with Crippen molar-refractivity contribution in [2.24, 2.45) is 14.1 Å². The van der Waals surface area contributed by atoms with E-state index >= 15 is 0 Å². The molecule has 4 aromatic rings. The summed E-state index contributed by atoms with van der Waals surface area (Å²) in [5.74, 6) is -0.115. The van der Waals surface area contributed by atoms with E-state index in [-0.39, 0.29) is 65.3 Å². The molecule has 1 fully saturated rings. The van der Waals surface area contributed by atoms with E-state index in [0.29, 0.717) is 18.8 Å². The second kappa shape index (κ2) is 13.4. The fraction of sp³-hybridized carbons (Fsp3) is 0.387. The fourth-order valence-corrected chi connectivity index (χ4v) is 4.93. The van der Waals surface area contributed by atoms with Crippen LogP contribution in [0.15, 0.2) is 41.6 Å². The van der Waals surface area contributed by atoms with Crippen LogP contribution in [-0.4, -0.2) is 72.4 Å². The molecule has 1 atom stereocenters. The van der Waals surface area contributed by atoms with E-state index in [1.807, 2.05) is 6.07 Å². The molecule has 1 saturated heterocycles. The summed E-state index contributed by atoms with van der Waals surface area (Å²) in [6, 6.07) is 5.63. The number of nitrogens with one attached hydrogen (secondary N) is 2. The molecule has 0 aliphatic carbocycles. The van der Waals surface area contributed by atoms with E-state index in [1.165, 1.54) is 48.1 Å². The highest BCUT2D eigenvalue weighted by molar-refractivity contribution is 5.90. The lowest BCUT2D eigenvalue weighted by molar-refractivity contribution is -0.138. The van der Waals surface area contributed by atoms with Gasteiger partial charge in [0.2, 0.25) is 11.9 Å². The first-order valence-electron chi connectivity index (χ1n) is 14.9. The van der Waals surface area contributed by atoms with Crippen molar-refractivity contribution in [1.29, 1.82) is 5.26 Å². The Labute approximate surface area is 277 Å². The van der Waals surface area contributed by atoms with Gasteiger partial charge in [-0.1, -0.05) is 0 Å². The zero-order valence-electron chi connectivity index (χ0n) is 27.1. The molecule has 0 spiro atoms. The van der Waals surface area contributed by atoms with Crippen molar-refractivity contribution in [2.75, 3.05) is 30.3 Å². The van der Waals surface area contributed by atoms with Crippen LogP contribution >= 0.6 is 0 Å². The minimum atomic E-state index is -4.69. The average molecular weight is 684 g/mol. The molecule has 5 rings (SSSR count). The number of ether oxygens (including phenoxy) is 3. The number of imidazole rings is 1. The highest BCUT2D eigenvalue weighted by Crippen LogP contribution is 2.33. The topological polar surface area (TPSA) is 179 Å². The van der Waals surface area contributed by atoms with Crippen molar-refractivity contribution in [3.8, 4) is 17.6 Å². The lowest BCUT2D eigenvalue weighted by atomic mass is 10.2. The summed E-state index contributed by atoms with van der Waals surface area (Å²) in [5, 5.41) is 15.3. The van der Waals surface area contributed by atoms with E-state index in [4.69, 9.17) is 14.2 Å². The first kappa shape index (κ1) is 34.6. The highest BCUT2D eigenvalue weighted by atomic mass is 19.4. The molecule has 18 heteroatoms. The molecule has 0 aromatic carbocycles. The quantitative estimate of drug-likeness (QED) is 0.281. The Hall–Kier alpha value is -5.70. The Balaban J connectivity index is 1.30. The number of carbonyl (C=O) groups is 2. The third-order valence-electron chi connectivity index (χ3n) is 7.16. The number of nitriles is 1. The summed E-state index contributed by atoms with van der Waals surface area (Å²) in [6.07, 6.45) is -2.49. The number of carbonyl (C=O) groups excluding carboxylic acids is 2. The first-order chi connectivity index (χ1) is 23.0. The third kappa shape index (κ3) is 8.06. The number of halogens is 3. The Morgan fingerprint density at radius 1 is 1.18 bits per heavy atom. The molecule has 15 nitrogen and oxygen atoms in total. The van der Waals surface area contributed by atoms with E-state index in [2.05, 4.69) is 25.6 Å². The predicted molar refractivity (Wildman–Crippen MR) is 168 cm³/mol. The number of hydrogen-bond acceptors (Lipinski definition) is 11. The summed E-state index contributed by atoms with van der Waals surface area (Å²) < 4.78 is 59.3. The maximum absolute atomic E-state index is 13.4. The van der Waals surface area contributed by atoms with Crippen LogP contribution in [-0.2, 0) is 34.5 Å². The van der Waals surface area contributed by atoms with Gasteiger partial charge < -0.3 is 38.9 Å². The standard InChI is InChI=1S/C31H32F3N9O6/c1-30(2,3)49-29(46)43-8-9-47-19(16-43)12-24(44)39-23-11-18(6-7-36-23)48-22-14-37-26-25(20(22)13-35)42(5)28(40-26)38-21-10-17(31(32,33)34)15-41(4)27(21)45/h6-7,10-11,14-15,19H,8-9,12,16H2,1-5H3,(H,36,39,44)(H,37,38,40). The number of aryl methyl sites for hydroxylation is 2. The minimum Gasteiger partial charge on any atom is -0.454 e. The van der Waals surface area contributed by atoms with Gasteiger partial charge in [0.1, 0.15) is 40.0 Å². The molecule has 2 amide bonds. The Morgan fingerprint density at radius 2 is 1.94 bits per heavy atom. The Morgan fingerprint density at radius 3 is 2.63 bits per heavy atom. The van der Waals surface area contributed by atoms with Gasteiger partial charge in [0.05, 0.1) is 37.4 Å². The van der Waals surface area contributed by atoms with Crippen LogP contribution in [0.2, 0.25) is 0 Å². The average Bonchev–Trinajstić information content (AvgIpc) is 3.33. The van der Waals surface area contributed by atoms with Gasteiger partial charge in [-0.3, -0.25) is 9.59 Å². The van der Waals surface area contributed by atoms with Crippen molar-refractivity contribution in [1.82, 2.24) is 29.0 Å². The van der Waals surface area contributed by atoms with Gasteiger partial charge in [-0.05, 0) is 32.9 Å². The number of amides is 2. The summed E-state index contributed by atoms with van der Waals surface area (Å²) in [5.41, 5.74) is -2.57. The number of rotatable bonds is 7. The lowest BCUT2D eigenvalue weighted by Crippen LogP contribution is -2.48. The molecule has 49 heavy (non-hydrogen) atoms. The summed E-state index contributed by atoms with van der Waals surface area (Å²) >= 11 is 0. The number of pyridine rings is 3. The maximum Gasteiger partial charge on any atom is 0.417 e. The van der Waals surface area contributed by atoms with Crippen LogP contribution in [0.4, 0.5) is 35.4 Å². The molecular weight excluding hydrogens is 651 g/mol. The van der Waals surface area contributed by atoms with Crippen LogP contribution in [0.5, 0.6) is 11.5 Å². The highest BCUT2D eigenvalue weighted by Gasteiger charge is 2.32. The van der Waals surface area contributed by atoms with Gasteiger partial charge in [0, 0.05) is 39.1 Å². The van der Waals surface area contributed by atoms with Gasteiger partial charge in [-0.2, -0.15) is 23.4 Å². The summed E-state index contributed by atoms with van der Waals surface area (Å²) in [7, 11) is 2.68. The maximum atomic E-state index is 13.4. The van der Waals surface area contributed by atoms with E-state index in [0.717, 1.165) is 4.57 Å². The second-order valence-electron chi connectivity index (χ2n) is 12.1. The van der Waals surface area contributed by atoms with Crippen LogP contribution in [0.1, 0.15) is 38.3 Å². The van der Waals surface area contributed by atoms with Crippen LogP contribution < -0.4 is 20.9 Å². The van der Waals surface area contributed by atoms with Crippen molar-refractivity contribution in [3.05, 3.63) is 58.3 Å². The molecule has 0 bridgehead atoms. The van der Waals surface area contributed by atoms with Gasteiger partial charge in [0.15, 0.2) is 11.4 Å². The number of aromatic nitrogens is 5. The van der Waals surface area contributed by atoms with E-state index in [9.17, 15) is 32.8 Å². The number of nitrogens with zero attached hydrogens (tertiary/aromatic N) is 7. The predicted octanol–water partition coefficient (Wildman–Crippen LogP) is 4.45. The summed E-state index contributed by atoms with van der Waals surface area (Å²) in [6.45, 7) is 6.06. The first-order valence-corrected chi connectivity index (χ1v) is 14.9. The molecule has 0 radical (unpaired) electrons. The molecule has 0 saturated carbocycles. The molecule has 5 heterocycles. The van der Waals surface area contributed by atoms with Crippen LogP contribution in [0.3, 0.4) is 0 Å². The molecule has 1 aliphatic heterocycles. The second-order valence-corrected chi connectivity index (χ2v) is 12.1. The third-order valence-corrected chi connectivity index (χ3v) is 7.16. The molecule has 258 valence electrons. The van der Waals surface area contributed by atoms with Crippen molar-refractivity contribution in [2.45, 2.75) is 45.1 Å². The van der Waals surface area contributed by atoms with Crippen molar-refractivity contribution in [3.63, 3.8) is 0 Å². The monoisotopic (exact) mass is 683 g/mol. The SMILES string of the molecule is Cn1cc(C(F)(F)F)cc(Nc2nc3ncc(Oc4ccnc(NC(=O)CC5CN(C(=O)OC(C)(C)C)CCO5)c4)c(C#N)c3n2C)c1=O. The lowest BCUT2D eigenvalue weighted by Gasteiger charge is -2.34. The van der Waals surface area contributed by atoms with E-state index < -0.39 is 41.0 Å². The molecule has 1 aliphatic rings. The van der Waals surface area contributed by atoms with Crippen molar-refractivity contribution >= 4 is 40.6 Å². The smallest absolute Gasteiger partial charge is 0.417 e. The van der Waals surface area contributed by atoms with E-state index in [1.54, 1.807) is 20.8 Å². The minimum absolute atomic E-state index is 0.00335. The molecular formula is C31H32F3N9O6. The summed E-state index contributed by atoms with van der Waals surface area (Å²) in [4.78, 5) is 52.0. The van der Waals surface area contributed by atoms with Crippen molar-refractivity contribution < 1.29 is 37.0 Å². The van der Waals surface area contributed by atoms with Crippen LogP contribution in [0.25, 0.3) is 11.2 Å². The van der Waals surface area contributed by atoms with Crippen LogP contribution in [0, 0.1) is 11.3 Å². The van der Waals surface area contributed by atoms with Gasteiger partial charge in [-0.15, -0.1) is 0 Å². The van der Waals surface area contributed by atoms with Gasteiger partial charge >= 0.3 is 12.3 Å². The zero-order valence-corrected chi connectivity index (χ0v) is 27.1. The Bertz CT molecular complexity index is 2010. The van der Waals surface area contributed by atoms with Gasteiger partial charge in [0.25, 0.3) is 5.56 Å². The number of alkyl halides is 3. The number of hydrogen-bond donors (Lipinski definition) is 2. The number of anilines is 3. The zero-order chi connectivity index (χ0) is 35.7. The molecule has 2 N–H and O–H groups in total. The largest absolute Gasteiger partial charge is 0.454 e. The molecule has 4 aromatic heterocycles. The molecule has 1 unspecified atom stereocenters.